The molecule has 0 aliphatic heterocycles. The van der Waals surface area contributed by atoms with E-state index < -0.39 is 8.56 Å². The predicted molar refractivity (Wildman–Crippen MR) is 68.4 cm³/mol. The van der Waals surface area contributed by atoms with E-state index in [-0.39, 0.29) is 19.5 Å². The quantitative estimate of drug-likeness (QED) is 0.465. The number of allylic oxidation sites excluding steroid dienone is 1. The number of rotatable bonds is 8. The van der Waals surface area contributed by atoms with Gasteiger partial charge < -0.3 is 13.0 Å². The molecule has 0 saturated heterocycles. The first-order valence-corrected chi connectivity index (χ1v) is 11.6. The molecule has 0 heterocycles. The van der Waals surface area contributed by atoms with Crippen molar-refractivity contribution in [2.45, 2.75) is 25.7 Å². The third-order valence-electron chi connectivity index (χ3n) is 1.82. The number of hydrogen-bond donors (Lipinski definition) is 0. The third kappa shape index (κ3) is 6.68. The highest BCUT2D eigenvalue weighted by atomic mass is 28.4. The first-order chi connectivity index (χ1) is 6.68. The molecule has 0 aliphatic rings. The normalized spacial score (nSPS) is 17.7. The summed E-state index contributed by atoms with van der Waals surface area (Å²) in [5, 5.41) is 0. The van der Waals surface area contributed by atoms with Crippen LogP contribution in [-0.2, 0) is 13.0 Å². The first-order valence-electron chi connectivity index (χ1n) is 5.10. The van der Waals surface area contributed by atoms with Gasteiger partial charge in [-0.3, -0.25) is 0 Å². The molecule has 0 bridgehead atoms. The fraction of sp³-hybridized carbons (Fsp3) is 0.750. The predicted octanol–water partition coefficient (Wildman–Crippen LogP) is 0.558. The number of methoxy groups -OCH3 is 1. The molecule has 0 rings (SSSR count). The molecule has 0 fully saturated rings. The zero-order valence-corrected chi connectivity index (χ0v) is 13.5. The van der Waals surface area contributed by atoms with Gasteiger partial charge in [-0.05, 0) is 6.55 Å². The standard InChI is InChI=1S/C8H22O3Si3/c1-9-7-5-6-8-14(4,10-12-2)11-13-3/h5-6H,7-8,12-13H2,1-4H3/b6-5+. The van der Waals surface area contributed by atoms with Crippen LogP contribution < -0.4 is 0 Å². The fourth-order valence-corrected chi connectivity index (χ4v) is 8.74. The summed E-state index contributed by atoms with van der Waals surface area (Å²) in [5.41, 5.74) is 0. The van der Waals surface area contributed by atoms with Crippen LogP contribution in [0.15, 0.2) is 12.2 Å². The van der Waals surface area contributed by atoms with E-state index in [4.69, 9.17) is 13.0 Å². The molecule has 6 heteroatoms. The maximum absolute atomic E-state index is 5.85. The molecule has 0 N–H and O–H groups in total. The Kier molecular flexibility index (Phi) is 8.73. The smallest absolute Gasteiger partial charge is 0.317 e. The highest BCUT2D eigenvalue weighted by Gasteiger charge is 2.27. The molecule has 0 unspecified atom stereocenters. The molecule has 0 aromatic heterocycles. The Bertz CT molecular complexity index is 158. The lowest BCUT2D eigenvalue weighted by molar-refractivity contribution is 0.233. The summed E-state index contributed by atoms with van der Waals surface area (Å²) in [6.45, 7) is 7.16. The van der Waals surface area contributed by atoms with Crippen molar-refractivity contribution in [3.05, 3.63) is 12.2 Å². The summed E-state index contributed by atoms with van der Waals surface area (Å²) in [4.78, 5) is 0. The van der Waals surface area contributed by atoms with Crippen LogP contribution in [0.5, 0.6) is 0 Å². The summed E-state index contributed by atoms with van der Waals surface area (Å²) in [7, 11) is -0.830. The van der Waals surface area contributed by atoms with Crippen molar-refractivity contribution in [1.82, 2.24) is 0 Å². The Balaban J connectivity index is 3.94. The van der Waals surface area contributed by atoms with Crippen molar-refractivity contribution < 1.29 is 13.0 Å². The molecule has 14 heavy (non-hydrogen) atoms. The third-order valence-corrected chi connectivity index (χ3v) is 9.99. The van der Waals surface area contributed by atoms with Gasteiger partial charge in [-0.25, -0.2) is 0 Å². The van der Waals surface area contributed by atoms with E-state index in [1.807, 2.05) is 6.08 Å². The second-order valence-electron chi connectivity index (χ2n) is 3.13. The Morgan fingerprint density at radius 1 is 1.14 bits per heavy atom. The first kappa shape index (κ1) is 14.3. The van der Waals surface area contributed by atoms with Crippen LogP contribution in [0, 0.1) is 0 Å². The molecular weight excluding hydrogens is 228 g/mol. The molecule has 0 radical (unpaired) electrons. The lowest BCUT2D eigenvalue weighted by Gasteiger charge is -2.25. The molecule has 0 aliphatic carbocycles. The van der Waals surface area contributed by atoms with Crippen molar-refractivity contribution in [2.24, 2.45) is 0 Å². The highest BCUT2D eigenvalue weighted by Crippen LogP contribution is 2.12. The van der Waals surface area contributed by atoms with Gasteiger partial charge in [0.05, 0.1) is 6.61 Å². The lowest BCUT2D eigenvalue weighted by Crippen LogP contribution is -2.39. The molecule has 0 spiro atoms. The summed E-state index contributed by atoms with van der Waals surface area (Å²) >= 11 is 0. The van der Waals surface area contributed by atoms with Crippen LogP contribution >= 0.6 is 0 Å². The average Bonchev–Trinajstić information content (AvgIpc) is 2.13. The molecule has 0 saturated carbocycles. The zero-order valence-electron chi connectivity index (χ0n) is 9.71. The van der Waals surface area contributed by atoms with Crippen LogP contribution in [0.4, 0.5) is 0 Å². The van der Waals surface area contributed by atoms with Crippen molar-refractivity contribution >= 4 is 28.1 Å². The minimum Gasteiger partial charge on any atom is -0.442 e. The summed E-state index contributed by atoms with van der Waals surface area (Å²) < 4.78 is 16.6. The Morgan fingerprint density at radius 3 is 2.14 bits per heavy atom. The van der Waals surface area contributed by atoms with E-state index in [1.165, 1.54) is 0 Å². The van der Waals surface area contributed by atoms with E-state index in [9.17, 15) is 0 Å². The van der Waals surface area contributed by atoms with Crippen molar-refractivity contribution in [2.75, 3.05) is 13.7 Å². The fourth-order valence-electron chi connectivity index (χ4n) is 1.23. The van der Waals surface area contributed by atoms with E-state index in [0.717, 1.165) is 6.04 Å². The Labute approximate surface area is 93.0 Å². The van der Waals surface area contributed by atoms with Gasteiger partial charge in [-0.2, -0.15) is 0 Å². The summed E-state index contributed by atoms with van der Waals surface area (Å²) in [5.74, 6) is 0. The largest absolute Gasteiger partial charge is 0.442 e. The monoisotopic (exact) mass is 250 g/mol. The van der Waals surface area contributed by atoms with E-state index in [2.05, 4.69) is 25.7 Å². The van der Waals surface area contributed by atoms with Gasteiger partial charge in [-0.15, -0.1) is 0 Å². The van der Waals surface area contributed by atoms with Gasteiger partial charge in [0.15, 0.2) is 0 Å². The highest BCUT2D eigenvalue weighted by molar-refractivity contribution is 6.74. The van der Waals surface area contributed by atoms with Crippen molar-refractivity contribution in [1.29, 1.82) is 0 Å². The average molecular weight is 251 g/mol. The minimum atomic E-state index is -1.82. The number of ether oxygens (including phenoxy) is 1. The van der Waals surface area contributed by atoms with Crippen LogP contribution in [0.25, 0.3) is 0 Å². The van der Waals surface area contributed by atoms with Gasteiger partial charge in [0, 0.05) is 13.2 Å². The summed E-state index contributed by atoms with van der Waals surface area (Å²) in [6, 6.07) is 0.956. The molecule has 3 nitrogen and oxygen atoms in total. The van der Waals surface area contributed by atoms with Gasteiger partial charge in [0.2, 0.25) is 0 Å². The molecule has 0 amide bonds. The molecule has 84 valence electrons. The molecule has 0 aromatic rings. The summed E-state index contributed by atoms with van der Waals surface area (Å²) in [6.07, 6.45) is 4.16. The molecule has 0 aromatic carbocycles. The lowest BCUT2D eigenvalue weighted by atomic mass is 10.5. The topological polar surface area (TPSA) is 27.7 Å². The number of hydrogen-bond acceptors (Lipinski definition) is 3. The van der Waals surface area contributed by atoms with Crippen LogP contribution in [0.2, 0.25) is 25.7 Å². The molecular formula is C8H22O3Si3. The van der Waals surface area contributed by atoms with Gasteiger partial charge in [-0.1, -0.05) is 25.2 Å². The van der Waals surface area contributed by atoms with E-state index in [1.54, 1.807) is 7.11 Å². The van der Waals surface area contributed by atoms with Gasteiger partial charge in [0.1, 0.15) is 19.5 Å². The maximum Gasteiger partial charge on any atom is 0.317 e. The second-order valence-corrected chi connectivity index (χ2v) is 9.27. The van der Waals surface area contributed by atoms with Crippen LogP contribution in [-0.4, -0.2) is 41.8 Å². The van der Waals surface area contributed by atoms with Crippen molar-refractivity contribution in [3.8, 4) is 0 Å². The van der Waals surface area contributed by atoms with Gasteiger partial charge in [0.25, 0.3) is 0 Å². The van der Waals surface area contributed by atoms with Gasteiger partial charge >= 0.3 is 8.56 Å². The van der Waals surface area contributed by atoms with Crippen LogP contribution in [0.3, 0.4) is 0 Å². The van der Waals surface area contributed by atoms with Crippen LogP contribution in [0.1, 0.15) is 0 Å². The maximum atomic E-state index is 5.85. The SMILES string of the molecule is COC/C=C/C[Si](C)(O[SiH2]C)O[SiH2]C. The van der Waals surface area contributed by atoms with Crippen molar-refractivity contribution in [3.63, 3.8) is 0 Å². The Morgan fingerprint density at radius 2 is 1.71 bits per heavy atom. The van der Waals surface area contributed by atoms with E-state index >= 15 is 0 Å². The van der Waals surface area contributed by atoms with E-state index in [0.29, 0.717) is 6.61 Å². The zero-order chi connectivity index (χ0) is 10.9. The second kappa shape index (κ2) is 8.57. The minimum absolute atomic E-state index is 0.356. The Hall–Kier alpha value is 0.271. The molecule has 0 atom stereocenters.